The van der Waals surface area contributed by atoms with E-state index in [0.29, 0.717) is 0 Å². The van der Waals surface area contributed by atoms with Crippen molar-refractivity contribution in [3.63, 3.8) is 0 Å². The minimum atomic E-state index is 0.0678. The Balaban J connectivity index is 2.49. The first kappa shape index (κ1) is 12.0. The molecule has 0 radical (unpaired) electrons. The van der Waals surface area contributed by atoms with Crippen LogP contribution in [-0.4, -0.2) is 0 Å². The summed E-state index contributed by atoms with van der Waals surface area (Å²) < 4.78 is 6.06. The molecule has 90 valence electrons. The van der Waals surface area contributed by atoms with Gasteiger partial charge in [-0.15, -0.1) is 0 Å². The zero-order valence-electron chi connectivity index (χ0n) is 11.1. The van der Waals surface area contributed by atoms with Gasteiger partial charge in [-0.1, -0.05) is 58.0 Å². The van der Waals surface area contributed by atoms with Crippen molar-refractivity contribution < 1.29 is 4.42 Å². The van der Waals surface area contributed by atoms with E-state index in [0.717, 1.165) is 23.5 Å². The largest absolute Gasteiger partial charge is 0.460 e. The lowest BCUT2D eigenvalue weighted by atomic mass is 9.90. The average Bonchev–Trinajstić information content (AvgIpc) is 2.74. The maximum Gasteiger partial charge on any atom is 0.134 e. The molecule has 0 fully saturated rings. The Kier molecular flexibility index (Phi) is 3.10. The van der Waals surface area contributed by atoms with Gasteiger partial charge in [-0.05, 0) is 18.1 Å². The van der Waals surface area contributed by atoms with Crippen LogP contribution in [0.4, 0.5) is 0 Å². The fraction of sp³-hybridized carbons (Fsp3) is 0.375. The lowest BCUT2D eigenvalue weighted by Crippen LogP contribution is -2.11. The van der Waals surface area contributed by atoms with Crippen LogP contribution in [0, 0.1) is 0 Å². The van der Waals surface area contributed by atoms with Gasteiger partial charge in [0.1, 0.15) is 11.5 Å². The van der Waals surface area contributed by atoms with Crippen molar-refractivity contribution in [1.29, 1.82) is 0 Å². The monoisotopic (exact) mass is 228 g/mol. The fourth-order valence-electron chi connectivity index (χ4n) is 2.07. The van der Waals surface area contributed by atoms with E-state index >= 15 is 0 Å². The third-order valence-electron chi connectivity index (χ3n) is 2.93. The van der Waals surface area contributed by atoms with Crippen LogP contribution >= 0.6 is 0 Å². The number of rotatable bonds is 2. The topological polar surface area (TPSA) is 13.1 Å². The van der Waals surface area contributed by atoms with Crippen molar-refractivity contribution in [3.8, 4) is 11.3 Å². The lowest BCUT2D eigenvalue weighted by Gasteiger charge is -2.16. The molecular weight excluding hydrogens is 208 g/mol. The summed E-state index contributed by atoms with van der Waals surface area (Å²) in [5.41, 5.74) is 2.53. The van der Waals surface area contributed by atoms with Crippen LogP contribution in [-0.2, 0) is 11.8 Å². The second-order valence-electron chi connectivity index (χ2n) is 5.43. The Hall–Kier alpha value is -1.50. The first-order valence-electron chi connectivity index (χ1n) is 6.21. The highest BCUT2D eigenvalue weighted by Crippen LogP contribution is 2.33. The predicted molar refractivity (Wildman–Crippen MR) is 72.2 cm³/mol. The summed E-state index contributed by atoms with van der Waals surface area (Å²) in [6.07, 6.45) is 1.02. The Labute approximate surface area is 103 Å². The Morgan fingerprint density at radius 3 is 2.18 bits per heavy atom. The quantitative estimate of drug-likeness (QED) is 0.719. The number of hydrogen-bond acceptors (Lipinski definition) is 1. The summed E-state index contributed by atoms with van der Waals surface area (Å²) in [6.45, 7) is 8.76. The highest BCUT2D eigenvalue weighted by Gasteiger charge is 2.23. The van der Waals surface area contributed by atoms with Gasteiger partial charge in [-0.2, -0.15) is 0 Å². The van der Waals surface area contributed by atoms with Gasteiger partial charge in [0.25, 0.3) is 0 Å². The molecule has 2 aromatic rings. The van der Waals surface area contributed by atoms with Gasteiger partial charge in [-0.3, -0.25) is 0 Å². The van der Waals surface area contributed by atoms with E-state index in [2.05, 4.69) is 45.9 Å². The molecule has 0 aliphatic carbocycles. The SMILES string of the molecule is CCc1cc(-c2ccccc2)oc1C(C)(C)C. The maximum atomic E-state index is 6.06. The molecule has 1 heterocycles. The molecular formula is C16H20O. The summed E-state index contributed by atoms with van der Waals surface area (Å²) in [5, 5.41) is 0. The maximum absolute atomic E-state index is 6.06. The van der Waals surface area contributed by atoms with Gasteiger partial charge in [0, 0.05) is 11.0 Å². The van der Waals surface area contributed by atoms with Crippen LogP contribution in [0.15, 0.2) is 40.8 Å². The van der Waals surface area contributed by atoms with E-state index in [1.807, 2.05) is 18.2 Å². The molecule has 1 aromatic carbocycles. The van der Waals surface area contributed by atoms with Crippen molar-refractivity contribution >= 4 is 0 Å². The molecule has 0 saturated heterocycles. The van der Waals surface area contributed by atoms with E-state index in [4.69, 9.17) is 4.42 Å². The van der Waals surface area contributed by atoms with Gasteiger partial charge in [0.15, 0.2) is 0 Å². The van der Waals surface area contributed by atoms with Gasteiger partial charge in [-0.25, -0.2) is 0 Å². The van der Waals surface area contributed by atoms with Crippen LogP contribution in [0.5, 0.6) is 0 Å². The van der Waals surface area contributed by atoms with Crippen molar-refractivity contribution in [2.75, 3.05) is 0 Å². The van der Waals surface area contributed by atoms with Crippen molar-refractivity contribution in [3.05, 3.63) is 47.7 Å². The zero-order valence-corrected chi connectivity index (χ0v) is 11.1. The molecule has 0 atom stereocenters. The third-order valence-corrected chi connectivity index (χ3v) is 2.93. The predicted octanol–water partition coefficient (Wildman–Crippen LogP) is 4.81. The minimum Gasteiger partial charge on any atom is -0.460 e. The number of furan rings is 1. The number of benzene rings is 1. The highest BCUT2D eigenvalue weighted by molar-refractivity contribution is 5.59. The normalized spacial score (nSPS) is 11.8. The Morgan fingerprint density at radius 2 is 1.71 bits per heavy atom. The number of aryl methyl sites for hydroxylation is 1. The Morgan fingerprint density at radius 1 is 1.06 bits per heavy atom. The van der Waals surface area contributed by atoms with E-state index in [1.54, 1.807) is 0 Å². The lowest BCUT2D eigenvalue weighted by molar-refractivity contribution is 0.412. The third kappa shape index (κ3) is 2.44. The van der Waals surface area contributed by atoms with E-state index in [9.17, 15) is 0 Å². The first-order valence-corrected chi connectivity index (χ1v) is 6.21. The van der Waals surface area contributed by atoms with E-state index in [1.165, 1.54) is 5.56 Å². The molecule has 0 spiro atoms. The minimum absolute atomic E-state index is 0.0678. The van der Waals surface area contributed by atoms with Gasteiger partial charge in [0.2, 0.25) is 0 Å². The van der Waals surface area contributed by atoms with Crippen LogP contribution < -0.4 is 0 Å². The van der Waals surface area contributed by atoms with Crippen LogP contribution in [0.1, 0.15) is 39.0 Å². The molecule has 1 nitrogen and oxygen atoms in total. The second-order valence-corrected chi connectivity index (χ2v) is 5.43. The zero-order chi connectivity index (χ0) is 12.5. The average molecular weight is 228 g/mol. The molecule has 0 amide bonds. The molecule has 0 saturated carbocycles. The van der Waals surface area contributed by atoms with Crippen molar-refractivity contribution in [2.24, 2.45) is 0 Å². The van der Waals surface area contributed by atoms with Gasteiger partial charge in [0.05, 0.1) is 0 Å². The fourth-order valence-corrected chi connectivity index (χ4v) is 2.07. The summed E-state index contributed by atoms with van der Waals surface area (Å²) in [4.78, 5) is 0. The molecule has 1 heteroatoms. The summed E-state index contributed by atoms with van der Waals surface area (Å²) in [7, 11) is 0. The molecule has 0 bridgehead atoms. The molecule has 0 N–H and O–H groups in total. The molecule has 0 unspecified atom stereocenters. The summed E-state index contributed by atoms with van der Waals surface area (Å²) in [5.74, 6) is 2.09. The van der Waals surface area contributed by atoms with E-state index < -0.39 is 0 Å². The van der Waals surface area contributed by atoms with Crippen molar-refractivity contribution in [2.45, 2.75) is 39.5 Å². The molecule has 0 aliphatic rings. The molecule has 0 aliphatic heterocycles. The summed E-state index contributed by atoms with van der Waals surface area (Å²) in [6, 6.07) is 12.5. The van der Waals surface area contributed by atoms with Gasteiger partial charge < -0.3 is 4.42 Å². The standard InChI is InChI=1S/C16H20O/c1-5-12-11-14(13-9-7-6-8-10-13)17-15(12)16(2,3)4/h6-11H,5H2,1-4H3. The molecule has 1 aromatic heterocycles. The van der Waals surface area contributed by atoms with Crippen LogP contribution in [0.3, 0.4) is 0 Å². The van der Waals surface area contributed by atoms with E-state index in [-0.39, 0.29) is 5.41 Å². The van der Waals surface area contributed by atoms with Crippen LogP contribution in [0.25, 0.3) is 11.3 Å². The first-order chi connectivity index (χ1) is 8.02. The molecule has 2 rings (SSSR count). The second kappa shape index (κ2) is 4.40. The molecule has 17 heavy (non-hydrogen) atoms. The van der Waals surface area contributed by atoms with Crippen molar-refractivity contribution in [1.82, 2.24) is 0 Å². The van der Waals surface area contributed by atoms with Crippen LogP contribution in [0.2, 0.25) is 0 Å². The highest BCUT2D eigenvalue weighted by atomic mass is 16.3. The smallest absolute Gasteiger partial charge is 0.134 e. The number of hydrogen-bond donors (Lipinski definition) is 0. The summed E-state index contributed by atoms with van der Waals surface area (Å²) >= 11 is 0. The van der Waals surface area contributed by atoms with Gasteiger partial charge >= 0.3 is 0 Å². The Bertz CT molecular complexity index is 486.